The number of aliphatic imine (C=N–C) groups is 1. The van der Waals surface area contributed by atoms with Gasteiger partial charge >= 0.3 is 0 Å². The number of benzene rings is 3. The van der Waals surface area contributed by atoms with Crippen LogP contribution < -0.4 is 14.8 Å². The molecule has 3 aromatic carbocycles. The minimum absolute atomic E-state index is 0.0921. The Balaban J connectivity index is 1.82. The normalized spacial score (nSPS) is 14.2. The first-order valence-corrected chi connectivity index (χ1v) is 9.19. The Kier molecular flexibility index (Phi) is 5.12. The lowest BCUT2D eigenvalue weighted by Crippen LogP contribution is -2.22. The molecule has 0 saturated carbocycles. The third kappa shape index (κ3) is 3.62. The molecule has 0 heterocycles. The molecule has 29 heavy (non-hydrogen) atoms. The second kappa shape index (κ2) is 8.02. The predicted octanol–water partition coefficient (Wildman–Crippen LogP) is 5.02. The molecular weight excluding hydrogens is 364 g/mol. The van der Waals surface area contributed by atoms with Crippen LogP contribution in [0.3, 0.4) is 0 Å². The Morgan fingerprint density at radius 2 is 1.38 bits per heavy atom. The maximum absolute atomic E-state index is 13.1. The van der Waals surface area contributed by atoms with Gasteiger partial charge in [-0.25, -0.2) is 4.99 Å². The molecule has 4 rings (SSSR count). The molecule has 0 radical (unpaired) electrons. The summed E-state index contributed by atoms with van der Waals surface area (Å²) < 4.78 is 10.8. The lowest BCUT2D eigenvalue weighted by atomic mass is 9.92. The summed E-state index contributed by atoms with van der Waals surface area (Å²) in [5.74, 6) is 1.23. The molecule has 0 atom stereocenters. The number of anilines is 1. The summed E-state index contributed by atoms with van der Waals surface area (Å²) in [6.07, 6.45) is 1.77. The van der Waals surface area contributed by atoms with Gasteiger partial charge in [0.15, 0.2) is 0 Å². The Labute approximate surface area is 169 Å². The number of hydrogen-bond acceptors (Lipinski definition) is 5. The van der Waals surface area contributed by atoms with Gasteiger partial charge in [0, 0.05) is 11.1 Å². The zero-order chi connectivity index (χ0) is 20.2. The molecule has 0 aromatic heterocycles. The van der Waals surface area contributed by atoms with Crippen LogP contribution in [0.4, 0.5) is 11.4 Å². The smallest absolute Gasteiger partial charge is 0.209 e. The zero-order valence-electron chi connectivity index (χ0n) is 16.2. The zero-order valence-corrected chi connectivity index (χ0v) is 16.2. The maximum atomic E-state index is 13.1. The maximum Gasteiger partial charge on any atom is 0.209 e. The van der Waals surface area contributed by atoms with Crippen molar-refractivity contribution in [3.05, 3.63) is 95.7 Å². The molecule has 0 fully saturated rings. The van der Waals surface area contributed by atoms with E-state index in [0.29, 0.717) is 39.8 Å². The highest BCUT2D eigenvalue weighted by Gasteiger charge is 2.25. The number of allylic oxidation sites excluding steroid dienone is 2. The fourth-order valence-corrected chi connectivity index (χ4v) is 3.26. The number of ketones is 1. The second-order valence-corrected chi connectivity index (χ2v) is 6.43. The first-order valence-electron chi connectivity index (χ1n) is 9.19. The summed E-state index contributed by atoms with van der Waals surface area (Å²) in [5, 5.41) is 3.21. The van der Waals surface area contributed by atoms with Crippen LogP contribution in [0, 0.1) is 0 Å². The van der Waals surface area contributed by atoms with E-state index in [0.717, 1.165) is 5.56 Å². The number of fused-ring (bicyclic) bond motifs is 1. The summed E-state index contributed by atoms with van der Waals surface area (Å²) in [5.41, 5.74) is 3.91. The quantitative estimate of drug-likeness (QED) is 0.671. The van der Waals surface area contributed by atoms with E-state index in [1.54, 1.807) is 20.3 Å². The van der Waals surface area contributed by atoms with Gasteiger partial charge in [-0.15, -0.1) is 0 Å². The average molecular weight is 384 g/mol. The number of nitrogens with one attached hydrogen (secondary N) is 1. The minimum atomic E-state index is -0.0921. The molecule has 0 aliphatic heterocycles. The minimum Gasteiger partial charge on any atom is -0.495 e. The fraction of sp³-hybridized carbons (Fsp3) is 0.0833. The molecule has 0 unspecified atom stereocenters. The predicted molar refractivity (Wildman–Crippen MR) is 115 cm³/mol. The molecule has 0 bridgehead atoms. The molecule has 1 aliphatic rings. The van der Waals surface area contributed by atoms with Crippen molar-refractivity contribution in [2.24, 2.45) is 4.99 Å². The van der Waals surface area contributed by atoms with Gasteiger partial charge in [0.2, 0.25) is 5.78 Å². The van der Waals surface area contributed by atoms with Crippen molar-refractivity contribution in [3.8, 4) is 11.5 Å². The van der Waals surface area contributed by atoms with E-state index in [1.807, 2.05) is 72.8 Å². The molecular formula is C24H20N2O3. The van der Waals surface area contributed by atoms with Crippen molar-refractivity contribution >= 4 is 22.9 Å². The Morgan fingerprint density at radius 3 is 2.14 bits per heavy atom. The Morgan fingerprint density at radius 1 is 0.759 bits per heavy atom. The first kappa shape index (κ1) is 18.5. The monoisotopic (exact) mass is 384 g/mol. The van der Waals surface area contributed by atoms with Crippen molar-refractivity contribution in [1.82, 2.24) is 0 Å². The second-order valence-electron chi connectivity index (χ2n) is 6.43. The number of ether oxygens (including phenoxy) is 2. The van der Waals surface area contributed by atoms with E-state index < -0.39 is 0 Å². The average Bonchev–Trinajstić information content (AvgIpc) is 2.77. The van der Waals surface area contributed by atoms with E-state index in [-0.39, 0.29) is 5.78 Å². The number of nitrogens with zero attached hydrogens (tertiary/aromatic N) is 1. The summed E-state index contributed by atoms with van der Waals surface area (Å²) in [6, 6.07) is 22.5. The molecule has 0 amide bonds. The van der Waals surface area contributed by atoms with Gasteiger partial charge in [-0.1, -0.05) is 48.5 Å². The first-order chi connectivity index (χ1) is 14.2. The summed E-state index contributed by atoms with van der Waals surface area (Å²) in [4.78, 5) is 17.9. The van der Waals surface area contributed by atoms with Crippen molar-refractivity contribution in [1.29, 1.82) is 0 Å². The summed E-state index contributed by atoms with van der Waals surface area (Å²) in [7, 11) is 3.21. The van der Waals surface area contributed by atoms with E-state index >= 15 is 0 Å². The van der Waals surface area contributed by atoms with Gasteiger partial charge in [-0.3, -0.25) is 4.79 Å². The Bertz CT molecular complexity index is 1130. The van der Waals surface area contributed by atoms with Crippen molar-refractivity contribution < 1.29 is 14.3 Å². The third-order valence-corrected chi connectivity index (χ3v) is 4.68. The largest absolute Gasteiger partial charge is 0.495 e. The van der Waals surface area contributed by atoms with Gasteiger partial charge < -0.3 is 14.8 Å². The van der Waals surface area contributed by atoms with Gasteiger partial charge in [0.05, 0.1) is 31.3 Å². The van der Waals surface area contributed by atoms with Crippen LogP contribution in [0.5, 0.6) is 11.5 Å². The van der Waals surface area contributed by atoms with Crippen LogP contribution in [0.15, 0.2) is 89.6 Å². The van der Waals surface area contributed by atoms with E-state index in [2.05, 4.69) is 5.32 Å². The number of methoxy groups -OCH3 is 2. The number of carbonyl (C=O) groups excluding carboxylic acids is 1. The summed E-state index contributed by atoms with van der Waals surface area (Å²) in [6.45, 7) is 0. The molecule has 5 heteroatoms. The Hall–Kier alpha value is -3.86. The lowest BCUT2D eigenvalue weighted by molar-refractivity contribution is 0.103. The van der Waals surface area contributed by atoms with Gasteiger partial charge in [0.25, 0.3) is 0 Å². The van der Waals surface area contributed by atoms with Crippen molar-refractivity contribution in [2.45, 2.75) is 0 Å². The van der Waals surface area contributed by atoms with Crippen LogP contribution in [-0.4, -0.2) is 25.7 Å². The van der Waals surface area contributed by atoms with Crippen LogP contribution >= 0.6 is 0 Å². The van der Waals surface area contributed by atoms with Crippen molar-refractivity contribution in [3.63, 3.8) is 0 Å². The number of Topliss-reactive ketones (excluding diaryl/α,β-unsaturated/α-hetero) is 1. The molecule has 5 nitrogen and oxygen atoms in total. The van der Waals surface area contributed by atoms with E-state index in [1.165, 1.54) is 0 Å². The SMILES string of the molecule is COc1ccccc1N=C1C=C(Nc2ccccc2OC)C(=O)c2ccccc21. The molecule has 1 aliphatic carbocycles. The highest BCUT2D eigenvalue weighted by molar-refractivity contribution is 6.27. The standard InChI is InChI=1S/C24H20N2O3/c1-28-22-13-7-5-11-18(22)25-20-15-21(24(27)17-10-4-3-9-16(17)20)26-19-12-6-8-14-23(19)29-2/h3-15,26H,1-2H3. The molecule has 0 saturated heterocycles. The molecule has 0 spiro atoms. The van der Waals surface area contributed by atoms with Crippen LogP contribution in [0.2, 0.25) is 0 Å². The third-order valence-electron chi connectivity index (χ3n) is 4.68. The number of para-hydroxylation sites is 4. The lowest BCUT2D eigenvalue weighted by Gasteiger charge is -2.20. The van der Waals surface area contributed by atoms with E-state index in [4.69, 9.17) is 14.5 Å². The number of hydrogen-bond donors (Lipinski definition) is 1. The van der Waals surface area contributed by atoms with Crippen LogP contribution in [0.25, 0.3) is 0 Å². The van der Waals surface area contributed by atoms with E-state index in [9.17, 15) is 4.79 Å². The summed E-state index contributed by atoms with van der Waals surface area (Å²) >= 11 is 0. The fourth-order valence-electron chi connectivity index (χ4n) is 3.26. The number of carbonyl (C=O) groups is 1. The van der Waals surface area contributed by atoms with Crippen LogP contribution in [0.1, 0.15) is 15.9 Å². The van der Waals surface area contributed by atoms with Gasteiger partial charge in [-0.05, 0) is 30.3 Å². The molecule has 144 valence electrons. The van der Waals surface area contributed by atoms with Crippen LogP contribution in [-0.2, 0) is 0 Å². The highest BCUT2D eigenvalue weighted by Crippen LogP contribution is 2.31. The molecule has 3 aromatic rings. The molecule has 1 N–H and O–H groups in total. The topological polar surface area (TPSA) is 59.9 Å². The van der Waals surface area contributed by atoms with Crippen molar-refractivity contribution in [2.75, 3.05) is 19.5 Å². The van der Waals surface area contributed by atoms with Gasteiger partial charge in [-0.2, -0.15) is 0 Å². The van der Waals surface area contributed by atoms with Gasteiger partial charge in [0.1, 0.15) is 17.2 Å². The highest BCUT2D eigenvalue weighted by atomic mass is 16.5. The number of rotatable bonds is 5.